The number of halogens is 1. The molecule has 0 saturated carbocycles. The quantitative estimate of drug-likeness (QED) is 0.887. The van der Waals surface area contributed by atoms with Gasteiger partial charge >= 0.3 is 0 Å². The van der Waals surface area contributed by atoms with Gasteiger partial charge in [0.05, 0.1) is 5.02 Å². The number of benzene rings is 1. The van der Waals surface area contributed by atoms with Crippen LogP contribution in [0, 0.1) is 5.92 Å². The fraction of sp³-hybridized carbons (Fsp3) is 0.400. The summed E-state index contributed by atoms with van der Waals surface area (Å²) in [4.78, 5) is 0.132. The van der Waals surface area contributed by atoms with Crippen LogP contribution >= 0.6 is 11.6 Å². The normalized spacial score (nSPS) is 12.0. The average Bonchev–Trinajstić information content (AvgIpc) is 2.15. The standard InChI is InChI=1S/C10H14ClNO2S/c1-8(2)7-12-15(13,14)10-6-4-3-5-9(10)11/h3-6,8,12H,7H2,1-2H3. The van der Waals surface area contributed by atoms with E-state index in [0.717, 1.165) is 0 Å². The lowest BCUT2D eigenvalue weighted by Crippen LogP contribution is -2.27. The predicted octanol–water partition coefficient (Wildman–Crippen LogP) is 2.27. The van der Waals surface area contributed by atoms with Crippen molar-refractivity contribution in [1.29, 1.82) is 0 Å². The minimum atomic E-state index is -3.47. The van der Waals surface area contributed by atoms with E-state index in [1.165, 1.54) is 6.07 Å². The van der Waals surface area contributed by atoms with Gasteiger partial charge < -0.3 is 0 Å². The Labute approximate surface area is 95.5 Å². The van der Waals surface area contributed by atoms with E-state index >= 15 is 0 Å². The molecule has 0 fully saturated rings. The number of sulfonamides is 1. The third-order valence-corrected chi connectivity index (χ3v) is 3.73. The molecular weight excluding hydrogens is 234 g/mol. The van der Waals surface area contributed by atoms with Crippen LogP contribution in [0.5, 0.6) is 0 Å². The van der Waals surface area contributed by atoms with Gasteiger partial charge in [-0.3, -0.25) is 0 Å². The van der Waals surface area contributed by atoms with Crippen LogP contribution in [0.25, 0.3) is 0 Å². The monoisotopic (exact) mass is 247 g/mol. The van der Waals surface area contributed by atoms with Crippen LogP contribution in [0.4, 0.5) is 0 Å². The van der Waals surface area contributed by atoms with E-state index in [2.05, 4.69) is 4.72 Å². The Morgan fingerprint density at radius 3 is 2.47 bits per heavy atom. The molecule has 0 bridgehead atoms. The Balaban J connectivity index is 2.92. The molecule has 0 spiro atoms. The summed E-state index contributed by atoms with van der Waals surface area (Å²) in [5.74, 6) is 0.266. The van der Waals surface area contributed by atoms with Crippen LogP contribution < -0.4 is 4.72 Å². The van der Waals surface area contributed by atoms with Crippen molar-refractivity contribution in [3.63, 3.8) is 0 Å². The number of hydrogen-bond acceptors (Lipinski definition) is 2. The molecule has 0 aliphatic rings. The summed E-state index contributed by atoms with van der Waals surface area (Å²) in [6, 6.07) is 6.40. The van der Waals surface area contributed by atoms with Crippen molar-refractivity contribution in [2.45, 2.75) is 18.7 Å². The van der Waals surface area contributed by atoms with Crippen molar-refractivity contribution in [1.82, 2.24) is 4.72 Å². The molecule has 1 aromatic rings. The van der Waals surface area contributed by atoms with Crippen LogP contribution in [0.1, 0.15) is 13.8 Å². The topological polar surface area (TPSA) is 46.2 Å². The molecule has 0 aliphatic heterocycles. The average molecular weight is 248 g/mol. The SMILES string of the molecule is CC(C)CNS(=O)(=O)c1ccccc1Cl. The third-order valence-electron chi connectivity index (χ3n) is 1.81. The zero-order valence-electron chi connectivity index (χ0n) is 8.70. The summed E-state index contributed by atoms with van der Waals surface area (Å²) in [6.45, 7) is 4.29. The van der Waals surface area contributed by atoms with E-state index in [0.29, 0.717) is 6.54 Å². The number of rotatable bonds is 4. The van der Waals surface area contributed by atoms with Crippen molar-refractivity contribution in [3.05, 3.63) is 29.3 Å². The molecule has 15 heavy (non-hydrogen) atoms. The molecule has 0 aromatic heterocycles. The highest BCUT2D eigenvalue weighted by atomic mass is 35.5. The van der Waals surface area contributed by atoms with Crippen molar-refractivity contribution in [2.24, 2.45) is 5.92 Å². The van der Waals surface area contributed by atoms with Gasteiger partial charge in [-0.15, -0.1) is 0 Å². The molecule has 3 nitrogen and oxygen atoms in total. The largest absolute Gasteiger partial charge is 0.242 e. The van der Waals surface area contributed by atoms with Crippen LogP contribution in [-0.4, -0.2) is 15.0 Å². The highest BCUT2D eigenvalue weighted by molar-refractivity contribution is 7.89. The van der Waals surface area contributed by atoms with Crippen LogP contribution in [0.2, 0.25) is 5.02 Å². The molecule has 0 unspecified atom stereocenters. The second-order valence-corrected chi connectivity index (χ2v) is 5.82. The first-order chi connectivity index (χ1) is 6.93. The fourth-order valence-electron chi connectivity index (χ4n) is 1.02. The lowest BCUT2D eigenvalue weighted by molar-refractivity contribution is 0.560. The number of hydrogen-bond donors (Lipinski definition) is 1. The predicted molar refractivity (Wildman–Crippen MR) is 61.5 cm³/mol. The molecule has 84 valence electrons. The zero-order chi connectivity index (χ0) is 11.5. The summed E-state index contributed by atoms with van der Waals surface area (Å²) in [7, 11) is -3.47. The second-order valence-electron chi connectivity index (χ2n) is 3.68. The molecule has 0 amide bonds. The third kappa shape index (κ3) is 3.48. The van der Waals surface area contributed by atoms with E-state index in [9.17, 15) is 8.42 Å². The van der Waals surface area contributed by atoms with Crippen LogP contribution in [0.15, 0.2) is 29.2 Å². The zero-order valence-corrected chi connectivity index (χ0v) is 10.3. The van der Waals surface area contributed by atoms with E-state index in [1.54, 1.807) is 18.2 Å². The minimum Gasteiger partial charge on any atom is -0.211 e. The van der Waals surface area contributed by atoms with E-state index < -0.39 is 10.0 Å². The molecule has 0 radical (unpaired) electrons. The second kappa shape index (κ2) is 4.96. The molecule has 5 heteroatoms. The smallest absolute Gasteiger partial charge is 0.211 e. The molecule has 0 heterocycles. The highest BCUT2D eigenvalue weighted by Crippen LogP contribution is 2.19. The van der Waals surface area contributed by atoms with Crippen molar-refractivity contribution in [2.75, 3.05) is 6.54 Å². The van der Waals surface area contributed by atoms with Gasteiger partial charge in [-0.1, -0.05) is 37.6 Å². The van der Waals surface area contributed by atoms with Gasteiger partial charge in [-0.2, -0.15) is 0 Å². The maximum atomic E-state index is 11.8. The van der Waals surface area contributed by atoms with E-state index in [-0.39, 0.29) is 15.8 Å². The van der Waals surface area contributed by atoms with Crippen molar-refractivity contribution in [3.8, 4) is 0 Å². The Morgan fingerprint density at radius 2 is 1.93 bits per heavy atom. The Bertz CT molecular complexity index is 429. The highest BCUT2D eigenvalue weighted by Gasteiger charge is 2.16. The number of nitrogens with one attached hydrogen (secondary N) is 1. The van der Waals surface area contributed by atoms with Gasteiger partial charge in [0.15, 0.2) is 0 Å². The van der Waals surface area contributed by atoms with E-state index in [4.69, 9.17) is 11.6 Å². The van der Waals surface area contributed by atoms with Gasteiger partial charge in [0.2, 0.25) is 10.0 Å². The van der Waals surface area contributed by atoms with E-state index in [1.807, 2.05) is 13.8 Å². The maximum absolute atomic E-state index is 11.8. The maximum Gasteiger partial charge on any atom is 0.242 e. The van der Waals surface area contributed by atoms with Gasteiger partial charge in [0.25, 0.3) is 0 Å². The Hall–Kier alpha value is -0.580. The summed E-state index contributed by atoms with van der Waals surface area (Å²) >= 11 is 5.80. The lowest BCUT2D eigenvalue weighted by Gasteiger charge is -2.09. The summed E-state index contributed by atoms with van der Waals surface area (Å²) in [5, 5.41) is 0.244. The first kappa shape index (κ1) is 12.5. The molecule has 1 aromatic carbocycles. The Morgan fingerprint density at radius 1 is 1.33 bits per heavy atom. The minimum absolute atomic E-state index is 0.132. The molecular formula is C10H14ClNO2S. The molecule has 1 N–H and O–H groups in total. The molecule has 0 aliphatic carbocycles. The molecule has 0 saturated heterocycles. The van der Waals surface area contributed by atoms with Gasteiger partial charge in [-0.05, 0) is 18.1 Å². The summed E-state index contributed by atoms with van der Waals surface area (Å²) in [5.41, 5.74) is 0. The van der Waals surface area contributed by atoms with Crippen molar-refractivity contribution >= 4 is 21.6 Å². The lowest BCUT2D eigenvalue weighted by atomic mass is 10.2. The molecule has 1 rings (SSSR count). The van der Waals surface area contributed by atoms with Crippen molar-refractivity contribution < 1.29 is 8.42 Å². The fourth-order valence-corrected chi connectivity index (χ4v) is 2.75. The first-order valence-corrected chi connectivity index (χ1v) is 6.54. The van der Waals surface area contributed by atoms with Crippen LogP contribution in [0.3, 0.4) is 0 Å². The Kier molecular flexibility index (Phi) is 4.13. The molecule has 0 atom stereocenters. The summed E-state index contributed by atoms with van der Waals surface area (Å²) < 4.78 is 26.0. The van der Waals surface area contributed by atoms with Crippen LogP contribution in [-0.2, 0) is 10.0 Å². The van der Waals surface area contributed by atoms with Gasteiger partial charge in [-0.25, -0.2) is 13.1 Å². The van der Waals surface area contributed by atoms with Gasteiger partial charge in [0, 0.05) is 6.54 Å². The summed E-state index contributed by atoms with van der Waals surface area (Å²) in [6.07, 6.45) is 0. The first-order valence-electron chi connectivity index (χ1n) is 4.67. The van der Waals surface area contributed by atoms with Gasteiger partial charge in [0.1, 0.15) is 4.90 Å².